The molecule has 42 heavy (non-hydrogen) atoms. The molecule has 4 rings (SSSR count). The maximum absolute atomic E-state index is 13.0. The molecule has 0 radical (unpaired) electrons. The SMILES string of the molecule is Cn1c(=O)n(C2OC(COP(=O)(O)CP(=O)(O)O)C(O)C2O)cc/c1=N/OCc1ccc(-c2cn(CCF)nn2)cc1. The average Bonchev–Trinajstić information content (AvgIpc) is 3.49. The fourth-order valence-electron chi connectivity index (χ4n) is 4.01. The topological polar surface area (TPSA) is 233 Å². The van der Waals surface area contributed by atoms with Crippen LogP contribution in [0.25, 0.3) is 11.3 Å². The molecule has 1 aliphatic heterocycles. The maximum Gasteiger partial charge on any atom is 0.340 e. The third-order valence-electron chi connectivity index (χ3n) is 6.14. The number of alkyl halides is 1. The Hall–Kier alpha value is -3.05. The molecule has 1 saturated heterocycles. The van der Waals surface area contributed by atoms with Gasteiger partial charge in [-0.1, -0.05) is 34.6 Å². The molecule has 5 N–H and O–H groups in total. The fourth-order valence-corrected chi connectivity index (χ4v) is 6.58. The second kappa shape index (κ2) is 13.1. The highest BCUT2D eigenvalue weighted by molar-refractivity contribution is 7.70. The highest BCUT2D eigenvalue weighted by Gasteiger charge is 2.45. The molecule has 17 nitrogen and oxygen atoms in total. The van der Waals surface area contributed by atoms with Gasteiger partial charge < -0.3 is 39.0 Å². The highest BCUT2D eigenvalue weighted by atomic mass is 31.2. The Bertz CT molecular complexity index is 1600. The first kappa shape index (κ1) is 31.9. The van der Waals surface area contributed by atoms with Crippen LogP contribution in [0.4, 0.5) is 4.39 Å². The number of benzene rings is 1. The third kappa shape index (κ3) is 7.86. The molecule has 1 aromatic carbocycles. The van der Waals surface area contributed by atoms with E-state index in [0.717, 1.165) is 20.3 Å². The molecule has 1 fully saturated rings. The Morgan fingerprint density at radius 3 is 2.50 bits per heavy atom. The van der Waals surface area contributed by atoms with Gasteiger partial charge >= 0.3 is 20.9 Å². The fraction of sp³-hybridized carbons (Fsp3) is 0.455. The van der Waals surface area contributed by atoms with E-state index in [1.807, 2.05) is 0 Å². The van der Waals surface area contributed by atoms with Gasteiger partial charge in [-0.2, -0.15) is 0 Å². The van der Waals surface area contributed by atoms with E-state index in [1.54, 1.807) is 30.5 Å². The molecular weight excluding hydrogens is 605 g/mol. The smallest absolute Gasteiger partial charge is 0.340 e. The number of hydrogen-bond donors (Lipinski definition) is 5. The number of ether oxygens (including phenoxy) is 1. The van der Waals surface area contributed by atoms with Crippen LogP contribution < -0.4 is 11.2 Å². The van der Waals surface area contributed by atoms with Crippen LogP contribution in [0, 0.1) is 0 Å². The van der Waals surface area contributed by atoms with Crippen LogP contribution in [0.2, 0.25) is 0 Å². The van der Waals surface area contributed by atoms with Crippen LogP contribution >= 0.6 is 15.2 Å². The van der Waals surface area contributed by atoms with Gasteiger partial charge in [0, 0.05) is 24.9 Å². The number of aromatic nitrogens is 5. The van der Waals surface area contributed by atoms with Gasteiger partial charge in [0.1, 0.15) is 37.3 Å². The summed E-state index contributed by atoms with van der Waals surface area (Å²) in [5.41, 5.74) is 1.52. The summed E-state index contributed by atoms with van der Waals surface area (Å²) in [6.45, 7) is -1.15. The number of rotatable bonds is 12. The van der Waals surface area contributed by atoms with E-state index in [4.69, 9.17) is 19.4 Å². The van der Waals surface area contributed by atoms with Crippen molar-refractivity contribution >= 4 is 15.2 Å². The lowest BCUT2D eigenvalue weighted by Gasteiger charge is -2.19. The Morgan fingerprint density at radius 2 is 1.83 bits per heavy atom. The first-order chi connectivity index (χ1) is 19.8. The second-order valence-corrected chi connectivity index (χ2v) is 13.3. The van der Waals surface area contributed by atoms with Crippen molar-refractivity contribution in [3.05, 3.63) is 64.3 Å². The number of halogens is 1. The first-order valence-electron chi connectivity index (χ1n) is 12.3. The Balaban J connectivity index is 1.39. The second-order valence-electron chi connectivity index (χ2n) is 9.33. The minimum Gasteiger partial charge on any atom is -0.389 e. The molecule has 0 saturated carbocycles. The number of nitrogens with zero attached hydrogens (tertiary/aromatic N) is 6. The molecule has 5 atom stereocenters. The maximum atomic E-state index is 13.0. The van der Waals surface area contributed by atoms with Crippen molar-refractivity contribution in [1.29, 1.82) is 0 Å². The van der Waals surface area contributed by atoms with E-state index in [-0.39, 0.29) is 18.6 Å². The molecule has 0 amide bonds. The Labute approximate surface area is 236 Å². The Morgan fingerprint density at radius 1 is 1.12 bits per heavy atom. The molecule has 3 aromatic rings. The third-order valence-corrected chi connectivity index (χ3v) is 9.60. The van der Waals surface area contributed by atoms with E-state index in [9.17, 15) is 33.4 Å². The van der Waals surface area contributed by atoms with E-state index >= 15 is 0 Å². The lowest BCUT2D eigenvalue weighted by atomic mass is 10.1. The molecule has 20 heteroatoms. The van der Waals surface area contributed by atoms with Crippen LogP contribution in [0.1, 0.15) is 11.8 Å². The van der Waals surface area contributed by atoms with Crippen LogP contribution in [0.3, 0.4) is 0 Å². The van der Waals surface area contributed by atoms with Crippen molar-refractivity contribution in [3.8, 4) is 11.3 Å². The van der Waals surface area contributed by atoms with E-state index in [1.165, 1.54) is 24.0 Å². The Kier molecular flexibility index (Phi) is 9.92. The van der Waals surface area contributed by atoms with Gasteiger partial charge in [0.15, 0.2) is 17.6 Å². The zero-order valence-corrected chi connectivity index (χ0v) is 23.8. The molecule has 5 unspecified atom stereocenters. The van der Waals surface area contributed by atoms with Gasteiger partial charge in [0.05, 0.1) is 19.3 Å². The predicted octanol–water partition coefficient (Wildman–Crippen LogP) is -0.596. The van der Waals surface area contributed by atoms with Crippen LogP contribution in [-0.4, -0.2) is 86.5 Å². The number of aliphatic hydroxyl groups excluding tert-OH is 2. The van der Waals surface area contributed by atoms with Crippen molar-refractivity contribution in [3.63, 3.8) is 0 Å². The quantitative estimate of drug-likeness (QED) is 0.124. The number of aliphatic hydroxyl groups is 2. The molecule has 0 bridgehead atoms. The molecule has 230 valence electrons. The largest absolute Gasteiger partial charge is 0.389 e. The molecular formula is C22H29FN6O11P2. The van der Waals surface area contributed by atoms with Crippen molar-refractivity contribution in [1.82, 2.24) is 24.1 Å². The van der Waals surface area contributed by atoms with E-state index in [2.05, 4.69) is 20.0 Å². The van der Waals surface area contributed by atoms with Gasteiger partial charge in [0.2, 0.25) is 0 Å². The molecule has 0 aliphatic carbocycles. The standard InChI is InChI=1S/C22H29FN6O11P2/c1-27-18(25-38-11-14-2-4-15(5-3-14)16-10-28(9-7-23)26-24-16)6-8-29(22(27)32)21-20(31)19(30)17(40-21)12-39-42(36,37)13-41(33,34)35/h2-6,8,10,17,19-21,30-31H,7,9,11-13H2,1H3,(H,36,37)(H2,33,34,35)/b25-18-. The molecule has 3 heterocycles. The van der Waals surface area contributed by atoms with Crippen LogP contribution in [0.15, 0.2) is 52.7 Å². The lowest BCUT2D eigenvalue weighted by molar-refractivity contribution is -0.0530. The zero-order valence-electron chi connectivity index (χ0n) is 22.0. The van der Waals surface area contributed by atoms with Crippen LogP contribution in [-0.2, 0) is 43.4 Å². The summed E-state index contributed by atoms with van der Waals surface area (Å²) >= 11 is 0. The number of aryl methyl sites for hydroxylation is 1. The van der Waals surface area contributed by atoms with Gasteiger partial charge in [-0.25, -0.2) is 13.9 Å². The summed E-state index contributed by atoms with van der Waals surface area (Å²) in [5.74, 6) is -1.44. The molecule has 0 spiro atoms. The average molecular weight is 634 g/mol. The van der Waals surface area contributed by atoms with Crippen molar-refractivity contribution in [2.24, 2.45) is 12.2 Å². The van der Waals surface area contributed by atoms with E-state index < -0.39 is 64.6 Å². The van der Waals surface area contributed by atoms with Crippen molar-refractivity contribution in [2.45, 2.75) is 37.7 Å². The monoisotopic (exact) mass is 634 g/mol. The number of hydrogen-bond acceptors (Lipinski definition) is 11. The minimum atomic E-state index is -4.87. The zero-order chi connectivity index (χ0) is 30.7. The van der Waals surface area contributed by atoms with Crippen LogP contribution in [0.5, 0.6) is 0 Å². The summed E-state index contributed by atoms with van der Waals surface area (Å²) in [5, 5.41) is 32.6. The first-order valence-corrected chi connectivity index (χ1v) is 15.9. The highest BCUT2D eigenvalue weighted by Crippen LogP contribution is 2.55. The summed E-state index contributed by atoms with van der Waals surface area (Å²) in [7, 11) is -8.22. The van der Waals surface area contributed by atoms with Crippen molar-refractivity contribution < 1.29 is 52.5 Å². The van der Waals surface area contributed by atoms with Gasteiger partial charge in [-0.3, -0.25) is 18.3 Å². The lowest BCUT2D eigenvalue weighted by Crippen LogP contribution is -2.42. The summed E-state index contributed by atoms with van der Waals surface area (Å²) in [6.07, 6.45) is -3.23. The van der Waals surface area contributed by atoms with Crippen molar-refractivity contribution in [2.75, 3.05) is 19.2 Å². The summed E-state index contributed by atoms with van der Waals surface area (Å²) in [4.78, 5) is 45.7. The predicted molar refractivity (Wildman–Crippen MR) is 140 cm³/mol. The van der Waals surface area contributed by atoms with E-state index in [0.29, 0.717) is 5.69 Å². The van der Waals surface area contributed by atoms with Gasteiger partial charge in [0.25, 0.3) is 0 Å². The van der Waals surface area contributed by atoms with Gasteiger partial charge in [-0.15, -0.1) is 5.10 Å². The molecule has 1 aliphatic rings. The summed E-state index contributed by atoms with van der Waals surface area (Å²) in [6, 6.07) is 8.53. The van der Waals surface area contributed by atoms with Gasteiger partial charge in [-0.05, 0) is 5.56 Å². The minimum absolute atomic E-state index is 0.0625. The summed E-state index contributed by atoms with van der Waals surface area (Å²) < 4.78 is 49.0. The normalized spacial score (nSPS) is 22.8. The molecule has 2 aromatic heterocycles.